The van der Waals surface area contributed by atoms with Crippen molar-refractivity contribution < 1.29 is 0 Å². The van der Waals surface area contributed by atoms with E-state index < -0.39 is 0 Å². The van der Waals surface area contributed by atoms with E-state index in [1.165, 1.54) is 44.9 Å². The Balaban J connectivity index is 1.77. The summed E-state index contributed by atoms with van der Waals surface area (Å²) >= 11 is 0. The summed E-state index contributed by atoms with van der Waals surface area (Å²) in [6, 6.07) is 0. The van der Waals surface area contributed by atoms with Gasteiger partial charge in [0.25, 0.3) is 0 Å². The number of hydrogen-bond donors (Lipinski definition) is 0. The first-order chi connectivity index (χ1) is 9.49. The Kier molecular flexibility index (Phi) is 3.86. The van der Waals surface area contributed by atoms with Gasteiger partial charge in [0, 0.05) is 0 Å². The molecule has 0 bridgehead atoms. The van der Waals surface area contributed by atoms with Gasteiger partial charge in [0.1, 0.15) is 0 Å². The van der Waals surface area contributed by atoms with E-state index in [1.54, 1.807) is 11.1 Å². The molecule has 3 aliphatic rings. The second-order valence-electron chi connectivity index (χ2n) is 8.61. The van der Waals surface area contributed by atoms with Crippen molar-refractivity contribution >= 4 is 0 Å². The van der Waals surface area contributed by atoms with Crippen molar-refractivity contribution in [2.45, 2.75) is 72.6 Å². The maximum atomic E-state index is 2.47. The molecule has 0 amide bonds. The van der Waals surface area contributed by atoms with E-state index in [0.29, 0.717) is 5.41 Å². The van der Waals surface area contributed by atoms with Crippen LogP contribution in [0.2, 0.25) is 0 Å². The molecule has 3 aliphatic carbocycles. The first-order valence-corrected chi connectivity index (χ1v) is 8.87. The predicted octanol–water partition coefficient (Wildman–Crippen LogP) is 6.14. The van der Waals surface area contributed by atoms with Crippen molar-refractivity contribution in [2.75, 3.05) is 0 Å². The van der Waals surface area contributed by atoms with Crippen LogP contribution in [0.25, 0.3) is 0 Å². The first kappa shape index (κ1) is 14.4. The largest absolute Gasteiger partial charge is 0.0802 e. The van der Waals surface area contributed by atoms with E-state index in [-0.39, 0.29) is 0 Å². The molecule has 3 rings (SSSR count). The summed E-state index contributed by atoms with van der Waals surface area (Å²) in [4.78, 5) is 0. The van der Waals surface area contributed by atoms with Crippen LogP contribution in [0.4, 0.5) is 0 Å². The molecule has 4 unspecified atom stereocenters. The Hall–Kier alpha value is -0.520. The highest BCUT2D eigenvalue weighted by Gasteiger charge is 2.40. The molecule has 1 fully saturated rings. The molecule has 0 aromatic rings. The summed E-state index contributed by atoms with van der Waals surface area (Å²) in [5.41, 5.74) is 4.04. The van der Waals surface area contributed by atoms with Gasteiger partial charge in [-0.15, -0.1) is 0 Å². The molecular weight excluding hydrogens is 240 g/mol. The van der Waals surface area contributed by atoms with Crippen LogP contribution in [0.1, 0.15) is 72.6 Å². The minimum absolute atomic E-state index is 0.493. The summed E-state index contributed by atoms with van der Waals surface area (Å²) in [6.45, 7) is 9.78. The Morgan fingerprint density at radius 3 is 2.65 bits per heavy atom. The summed E-state index contributed by atoms with van der Waals surface area (Å²) in [7, 11) is 0. The van der Waals surface area contributed by atoms with Gasteiger partial charge in [-0.05, 0) is 73.2 Å². The standard InChI is InChI=1S/C20H32/c1-5-14-11-16(13-17(12-14)20(2,3)4)19-10-9-15-7-6-8-18(15)19/h6,8,14,16-17,19H,5,7,9-13H2,1-4H3. The topological polar surface area (TPSA) is 0 Å². The molecule has 0 saturated heterocycles. The van der Waals surface area contributed by atoms with Gasteiger partial charge >= 0.3 is 0 Å². The fourth-order valence-electron chi connectivity index (χ4n) is 5.02. The van der Waals surface area contributed by atoms with Crippen molar-refractivity contribution in [3.05, 3.63) is 23.3 Å². The van der Waals surface area contributed by atoms with Crippen LogP contribution in [0.3, 0.4) is 0 Å². The van der Waals surface area contributed by atoms with Crippen LogP contribution in [0.5, 0.6) is 0 Å². The minimum atomic E-state index is 0.493. The van der Waals surface area contributed by atoms with E-state index in [0.717, 1.165) is 23.7 Å². The third kappa shape index (κ3) is 2.63. The Morgan fingerprint density at radius 2 is 1.95 bits per heavy atom. The number of hydrogen-bond acceptors (Lipinski definition) is 0. The molecule has 0 radical (unpaired) electrons. The second kappa shape index (κ2) is 5.35. The molecule has 0 heterocycles. The molecule has 0 nitrogen and oxygen atoms in total. The fourth-order valence-corrected chi connectivity index (χ4v) is 5.02. The van der Waals surface area contributed by atoms with Crippen LogP contribution >= 0.6 is 0 Å². The number of rotatable bonds is 2. The van der Waals surface area contributed by atoms with Gasteiger partial charge in [0.2, 0.25) is 0 Å². The van der Waals surface area contributed by atoms with Crippen molar-refractivity contribution in [3.63, 3.8) is 0 Å². The van der Waals surface area contributed by atoms with Crippen LogP contribution < -0.4 is 0 Å². The SMILES string of the molecule is CCC1CC(C2CCC3=C2C=CC3)CC(C(C)(C)C)C1. The van der Waals surface area contributed by atoms with Gasteiger partial charge in [0.05, 0.1) is 0 Å². The molecule has 0 aromatic heterocycles. The summed E-state index contributed by atoms with van der Waals surface area (Å²) in [5, 5.41) is 0. The zero-order valence-corrected chi connectivity index (χ0v) is 13.9. The van der Waals surface area contributed by atoms with Crippen LogP contribution in [-0.2, 0) is 0 Å². The first-order valence-electron chi connectivity index (χ1n) is 8.87. The highest BCUT2D eigenvalue weighted by atomic mass is 14.4. The Labute approximate surface area is 125 Å². The lowest BCUT2D eigenvalue weighted by Crippen LogP contribution is -2.34. The van der Waals surface area contributed by atoms with Crippen molar-refractivity contribution in [1.82, 2.24) is 0 Å². The Morgan fingerprint density at radius 1 is 1.15 bits per heavy atom. The van der Waals surface area contributed by atoms with Gasteiger partial charge in [-0.2, -0.15) is 0 Å². The maximum absolute atomic E-state index is 2.47. The molecule has 112 valence electrons. The fraction of sp³-hybridized carbons (Fsp3) is 0.800. The molecule has 0 spiro atoms. The van der Waals surface area contributed by atoms with Crippen molar-refractivity contribution in [3.8, 4) is 0 Å². The quantitative estimate of drug-likeness (QED) is 0.566. The van der Waals surface area contributed by atoms with Crippen LogP contribution in [0, 0.1) is 29.1 Å². The molecule has 0 aromatic carbocycles. The van der Waals surface area contributed by atoms with Gasteiger partial charge in [0.15, 0.2) is 0 Å². The molecule has 0 heteroatoms. The minimum Gasteiger partial charge on any atom is -0.0802 e. The van der Waals surface area contributed by atoms with E-state index in [4.69, 9.17) is 0 Å². The lowest BCUT2D eigenvalue weighted by Gasteiger charge is -2.43. The smallest absolute Gasteiger partial charge is 0.0130 e. The zero-order valence-electron chi connectivity index (χ0n) is 13.9. The average Bonchev–Trinajstić information content (AvgIpc) is 2.99. The highest BCUT2D eigenvalue weighted by Crippen LogP contribution is 2.51. The summed E-state index contributed by atoms with van der Waals surface area (Å²) < 4.78 is 0. The highest BCUT2D eigenvalue weighted by molar-refractivity contribution is 5.39. The monoisotopic (exact) mass is 272 g/mol. The normalized spacial score (nSPS) is 37.6. The van der Waals surface area contributed by atoms with Gasteiger partial charge in [-0.25, -0.2) is 0 Å². The lowest BCUT2D eigenvalue weighted by atomic mass is 9.62. The predicted molar refractivity (Wildman–Crippen MR) is 87.6 cm³/mol. The van der Waals surface area contributed by atoms with Gasteiger partial charge < -0.3 is 0 Å². The van der Waals surface area contributed by atoms with Crippen molar-refractivity contribution in [1.29, 1.82) is 0 Å². The lowest BCUT2D eigenvalue weighted by molar-refractivity contribution is 0.0805. The second-order valence-corrected chi connectivity index (χ2v) is 8.61. The van der Waals surface area contributed by atoms with E-state index in [9.17, 15) is 0 Å². The molecule has 4 atom stereocenters. The third-order valence-electron chi connectivity index (χ3n) is 6.44. The van der Waals surface area contributed by atoms with E-state index >= 15 is 0 Å². The molecule has 0 N–H and O–H groups in total. The average molecular weight is 272 g/mol. The molecule has 1 saturated carbocycles. The van der Waals surface area contributed by atoms with Crippen LogP contribution in [0.15, 0.2) is 23.3 Å². The Bertz CT molecular complexity index is 418. The molecule has 0 aliphatic heterocycles. The third-order valence-corrected chi connectivity index (χ3v) is 6.44. The van der Waals surface area contributed by atoms with Crippen molar-refractivity contribution in [2.24, 2.45) is 29.1 Å². The van der Waals surface area contributed by atoms with Gasteiger partial charge in [-0.3, -0.25) is 0 Å². The van der Waals surface area contributed by atoms with Crippen LogP contribution in [-0.4, -0.2) is 0 Å². The summed E-state index contributed by atoms with van der Waals surface area (Å²) in [5.74, 6) is 3.78. The van der Waals surface area contributed by atoms with E-state index in [1.807, 2.05) is 0 Å². The van der Waals surface area contributed by atoms with E-state index in [2.05, 4.69) is 39.8 Å². The maximum Gasteiger partial charge on any atom is -0.0130 e. The summed E-state index contributed by atoms with van der Waals surface area (Å²) in [6.07, 6.45) is 14.8. The van der Waals surface area contributed by atoms with Gasteiger partial charge in [-0.1, -0.05) is 51.8 Å². The number of allylic oxidation sites excluding steroid dienone is 4. The zero-order chi connectivity index (χ0) is 14.3. The molecular formula is C20H32. The molecule has 20 heavy (non-hydrogen) atoms.